The van der Waals surface area contributed by atoms with E-state index in [0.29, 0.717) is 175 Å². The van der Waals surface area contributed by atoms with Gasteiger partial charge in [-0.25, -0.2) is 49.2 Å². The molecule has 0 spiro atoms. The van der Waals surface area contributed by atoms with Crippen LogP contribution in [0.1, 0.15) is 177 Å². The lowest BCUT2D eigenvalue weighted by atomic mass is 9.81. The second kappa shape index (κ2) is 43.8. The summed E-state index contributed by atoms with van der Waals surface area (Å²) in [5.74, 6) is -0.246. The summed E-state index contributed by atoms with van der Waals surface area (Å²) in [5.41, 5.74) is 15.3. The van der Waals surface area contributed by atoms with Gasteiger partial charge in [0.05, 0.1) is 74.1 Å². The van der Waals surface area contributed by atoms with Gasteiger partial charge < -0.3 is 74.1 Å². The number of carbonyl (C=O) groups excluding carboxylic acids is 7. The maximum absolute atomic E-state index is 14.6. The van der Waals surface area contributed by atoms with Crippen LogP contribution in [0, 0.1) is 29.6 Å². The molecule has 1 aromatic carbocycles. The van der Waals surface area contributed by atoms with Gasteiger partial charge in [0.15, 0.2) is 5.65 Å². The number of methoxy groups -OCH3 is 2. The number of nitrogen functional groups attached to an aromatic ring is 1. The molecule has 12 heterocycles. The molecule has 2 unspecified atom stereocenters. The first kappa shape index (κ1) is 92.4. The highest BCUT2D eigenvalue weighted by Crippen LogP contribution is 2.38. The van der Waals surface area contributed by atoms with Crippen LogP contribution in [-0.2, 0) is 78.4 Å². The Morgan fingerprint density at radius 2 is 1.47 bits per heavy atom. The van der Waals surface area contributed by atoms with Crippen molar-refractivity contribution >= 4 is 81.1 Å². The number of cyclic esters (lactones) is 1. The number of ether oxygens (including phenoxy) is 6. The molecule has 7 aromatic rings. The quantitative estimate of drug-likeness (QED) is 0.0313. The fourth-order valence-corrected chi connectivity index (χ4v) is 18.8. The van der Waals surface area contributed by atoms with Crippen LogP contribution in [0.5, 0.6) is 0 Å². The highest BCUT2D eigenvalue weighted by Gasteiger charge is 2.41. The fraction of sp³-hybridized carbons (Fsp3) is 0.568. The minimum absolute atomic E-state index is 0.0307. The molecule has 4 amide bonds. The predicted octanol–water partition coefficient (Wildman–Crippen LogP) is 10.7. The zero-order chi connectivity index (χ0) is 89.2. The summed E-state index contributed by atoms with van der Waals surface area (Å²) in [7, 11) is 3.29. The number of allylic oxidation sites excluding steroid dienone is 6. The minimum atomic E-state index is -1.08. The summed E-state index contributed by atoms with van der Waals surface area (Å²) in [5, 5.41) is 20.8. The highest BCUT2D eigenvalue weighted by atomic mass is 16.6. The van der Waals surface area contributed by atoms with Gasteiger partial charge in [-0.3, -0.25) is 28.9 Å². The van der Waals surface area contributed by atoms with Crippen LogP contribution >= 0.6 is 0 Å². The normalized spacial score (nSPS) is 26.4. The van der Waals surface area contributed by atoms with Crippen LogP contribution in [0.4, 0.5) is 22.5 Å². The number of piperidine rings is 1. The number of alkyl carbamates (subject to hydrolysis) is 1. The number of nitrogens with zero attached hydrogens (tertiary/aromatic N) is 15. The molecule has 5 fully saturated rings. The molecule has 32 heteroatoms. The van der Waals surface area contributed by atoms with Crippen molar-refractivity contribution in [2.75, 3.05) is 115 Å². The van der Waals surface area contributed by atoms with E-state index in [1.165, 1.54) is 11.9 Å². The lowest BCUT2D eigenvalue weighted by molar-refractivity contribution is -0.165. The van der Waals surface area contributed by atoms with E-state index in [4.69, 9.17) is 39.3 Å². The van der Waals surface area contributed by atoms with Crippen LogP contribution in [-0.4, -0.2) is 264 Å². The number of ketones is 2. The number of aliphatic hydroxyl groups excluding tert-OH is 1. The summed E-state index contributed by atoms with van der Waals surface area (Å²) in [4.78, 5) is 145. The Hall–Kier alpha value is -10.8. The lowest BCUT2D eigenvalue weighted by Gasteiger charge is -2.39. The molecule has 680 valence electrons. The largest absolute Gasteiger partial charge is 0.460 e. The number of pyridine rings is 1. The first-order chi connectivity index (χ1) is 61.5. The number of carbonyl (C=O) groups is 7. The third kappa shape index (κ3) is 24.2. The smallest absolute Gasteiger partial charge is 0.407 e. The van der Waals surface area contributed by atoms with Crippen molar-refractivity contribution in [3.63, 3.8) is 0 Å². The van der Waals surface area contributed by atoms with Crippen molar-refractivity contribution in [2.24, 2.45) is 29.6 Å². The van der Waals surface area contributed by atoms with Crippen molar-refractivity contribution in [1.82, 2.24) is 74.6 Å². The van der Waals surface area contributed by atoms with Gasteiger partial charge in [-0.05, 0) is 149 Å². The summed E-state index contributed by atoms with van der Waals surface area (Å²) in [6, 6.07) is 9.51. The number of H-pyrrole nitrogens is 1. The number of benzene rings is 1. The number of Topliss-reactive ketones (excluding diaryl/α,β-unsaturated/α-hetero) is 2. The summed E-state index contributed by atoms with van der Waals surface area (Å²) in [6.07, 6.45) is 27.7. The Labute approximate surface area is 743 Å². The van der Waals surface area contributed by atoms with Crippen LogP contribution in [0.15, 0.2) is 121 Å². The zero-order valence-corrected chi connectivity index (χ0v) is 74.8. The SMILES string of the molecule is CO[C@H]1CC2CC[C@@H](C)C(CC(=O)N3CCCC[C@H]3C(=O)O[C@H](CC[C@@H]3CC[C@@H](OC(=O)NCc4cnc(N5CCN(C(=O)CCOCCN6CCN(c7ncc(C(=O)N8CCc9cc(Cn%10nc(-c%11cnc%12[nH]ccc%12c%11)c%11c(N)ncnc%11%10)ccc9C8)cn7)CC6)CC5)nc4)[C@H](OC)C3)CC(=O)[C@H](C)/C=C(\C)[C@@H](O)CC(=O)[C@H](C)C[C@H](C)/C=C/C=CC=C1C)O2. The van der Waals surface area contributed by atoms with Crippen molar-refractivity contribution in [2.45, 2.75) is 219 Å². The topological polar surface area (TPSA) is 376 Å². The number of rotatable bonds is 20. The maximum atomic E-state index is 14.6. The average Bonchev–Trinajstić information content (AvgIpc) is 1.61. The highest BCUT2D eigenvalue weighted by molar-refractivity contribution is 5.99. The number of piperazine rings is 2. The van der Waals surface area contributed by atoms with Gasteiger partial charge in [0.2, 0.25) is 23.7 Å². The van der Waals surface area contributed by atoms with Gasteiger partial charge in [-0.1, -0.05) is 82.4 Å². The van der Waals surface area contributed by atoms with E-state index in [9.17, 15) is 38.7 Å². The van der Waals surface area contributed by atoms with E-state index in [-0.39, 0.29) is 103 Å². The zero-order valence-electron chi connectivity index (χ0n) is 74.8. The van der Waals surface area contributed by atoms with E-state index >= 15 is 0 Å². The third-order valence-electron chi connectivity index (χ3n) is 26.7. The summed E-state index contributed by atoms with van der Waals surface area (Å²) < 4.78 is 38.9. The Morgan fingerprint density at radius 3 is 2.24 bits per heavy atom. The number of anilines is 3. The lowest BCUT2D eigenvalue weighted by Crippen LogP contribution is -2.51. The number of nitrogens with one attached hydrogen (secondary N) is 2. The van der Waals surface area contributed by atoms with Gasteiger partial charge in [0.25, 0.3) is 5.91 Å². The Balaban J connectivity index is 0.483. The van der Waals surface area contributed by atoms with Gasteiger partial charge >= 0.3 is 12.1 Å². The van der Waals surface area contributed by atoms with Crippen LogP contribution < -0.4 is 20.9 Å². The van der Waals surface area contributed by atoms with Crippen molar-refractivity contribution in [3.05, 3.63) is 149 Å². The van der Waals surface area contributed by atoms with E-state index in [0.717, 1.165) is 91.7 Å². The van der Waals surface area contributed by atoms with Crippen molar-refractivity contribution < 1.29 is 67.1 Å². The third-order valence-corrected chi connectivity index (χ3v) is 26.7. The molecule has 6 aliphatic heterocycles. The molecule has 0 radical (unpaired) electrons. The molecule has 7 aliphatic rings. The average molecular weight is 1740 g/mol. The Bertz CT molecular complexity index is 5080. The second-order valence-electron chi connectivity index (χ2n) is 35.8. The Morgan fingerprint density at radius 1 is 0.701 bits per heavy atom. The van der Waals surface area contributed by atoms with E-state index < -0.39 is 48.4 Å². The van der Waals surface area contributed by atoms with Gasteiger partial charge in [0, 0.05) is 184 Å². The van der Waals surface area contributed by atoms with Gasteiger partial charge in [0.1, 0.15) is 53.3 Å². The van der Waals surface area contributed by atoms with Crippen molar-refractivity contribution in [1.29, 1.82) is 0 Å². The number of aromatic amines is 1. The number of esters is 1. The number of hydrogen-bond donors (Lipinski definition) is 4. The minimum Gasteiger partial charge on any atom is -0.460 e. The second-order valence-corrected chi connectivity index (χ2v) is 35.8. The van der Waals surface area contributed by atoms with E-state index in [1.54, 1.807) is 70.0 Å². The van der Waals surface area contributed by atoms with Gasteiger partial charge in [-0.2, -0.15) is 5.10 Å². The monoisotopic (exact) mass is 1740 g/mol. The molecule has 1 aliphatic carbocycles. The number of aromatic nitrogens is 10. The number of hydrogen-bond acceptors (Lipinski definition) is 26. The molecular weight excluding hydrogens is 1620 g/mol. The summed E-state index contributed by atoms with van der Waals surface area (Å²) in [6.45, 7) is 20.3. The van der Waals surface area contributed by atoms with E-state index in [2.05, 4.69) is 93.1 Å². The first-order valence-electron chi connectivity index (χ1n) is 45.6. The molecule has 1 saturated carbocycles. The molecule has 4 saturated heterocycles. The fourth-order valence-electron chi connectivity index (χ4n) is 18.8. The summed E-state index contributed by atoms with van der Waals surface area (Å²) >= 11 is 0. The van der Waals surface area contributed by atoms with Crippen LogP contribution in [0.25, 0.3) is 33.3 Å². The van der Waals surface area contributed by atoms with E-state index in [1.807, 2.05) is 75.9 Å². The standard InChI is InChI=1S/C95H126N18O14/c1-60-14-10-9-11-15-61(2)81(122-7)48-75-22-17-62(3)82(125-75)50-85(118)112-29-13-12-16-76(112)92(120)126-74(47-77(114)64(5)43-65(6)79(116)49-78(115)63(4)42-60)23-19-66-20-24-80(83(45-66)123-8)127-95(121)103-53-68-51-99-93(100-52-68)110-37-35-108(36-38-110)84(117)27-40-124-41-39-107-31-33-109(34-32-107)94-101-55-73(56-102-94)91(119)111-30-26-69-44-67(18-21-71(69)58-111)57-113-90-86(88(96)104-59-105-90)87(106-113)72-46-70-25-28-97-89(70)98-54-72/h9-11,14-15,18,21,25,28,43-44,46,51-52,54-56,59-60,62-64,66,74-76,79-83,116H,12-13,16-17,19-20,22-24,26-27,29-42,45,47-50,53,57-58H2,1-8H3,(H,97,98)(H,103,121)(H2,96,104,105)/b11-9?,14-10+,61-15?,65-43+/t60-,62-,63-,64-,66-,74-,75?,76+,79+,80-,81+,82?,83-/m1/s1. The molecule has 14 rings (SSSR count). The predicted molar refractivity (Wildman–Crippen MR) is 480 cm³/mol. The molecule has 5 N–H and O–H groups in total. The number of nitrogens with two attached hydrogens (primary N) is 1. The molecular formula is C95H126N18O14. The number of aliphatic hydroxyl groups is 1. The molecule has 32 nitrogen and oxygen atoms in total. The van der Waals surface area contributed by atoms with Crippen LogP contribution in [0.2, 0.25) is 0 Å². The Kier molecular flexibility index (Phi) is 31.9. The first-order valence-corrected chi connectivity index (χ1v) is 45.6. The number of fused-ring (bicyclic) bond motifs is 6. The van der Waals surface area contributed by atoms with Crippen LogP contribution in [0.3, 0.4) is 0 Å². The molecule has 6 aromatic heterocycles. The molecule has 13 atom stereocenters. The molecule has 127 heavy (non-hydrogen) atoms. The maximum Gasteiger partial charge on any atom is 0.407 e. The molecule has 2 bridgehead atoms. The van der Waals surface area contributed by atoms with Crippen molar-refractivity contribution in [3.8, 4) is 11.3 Å². The number of amides is 4. The van der Waals surface area contributed by atoms with Gasteiger partial charge in [-0.15, -0.1) is 0 Å².